The largest absolute Gasteiger partial charge is 0.493 e. The molecule has 1 aromatic heterocycles. The van der Waals surface area contributed by atoms with Crippen LogP contribution in [0.1, 0.15) is 21.6 Å². The first kappa shape index (κ1) is 20.2. The van der Waals surface area contributed by atoms with Gasteiger partial charge < -0.3 is 20.1 Å². The zero-order chi connectivity index (χ0) is 20.6. The van der Waals surface area contributed by atoms with Crippen molar-refractivity contribution >= 4 is 17.3 Å². The van der Waals surface area contributed by atoms with Gasteiger partial charge in [-0.05, 0) is 54.8 Å². The fraction of sp³-hybridized carbons (Fsp3) is 0.217. The quantitative estimate of drug-likeness (QED) is 0.604. The van der Waals surface area contributed by atoms with Crippen LogP contribution in [0.3, 0.4) is 0 Å². The number of rotatable bonds is 8. The van der Waals surface area contributed by atoms with Gasteiger partial charge in [0.05, 0.1) is 14.2 Å². The summed E-state index contributed by atoms with van der Waals surface area (Å²) in [5, 5.41) is 6.24. The number of carbonyl (C=O) groups is 1. The van der Waals surface area contributed by atoms with Crippen LogP contribution in [-0.4, -0.2) is 31.7 Å². The number of ether oxygens (including phenoxy) is 2. The summed E-state index contributed by atoms with van der Waals surface area (Å²) in [6.45, 7) is 2.52. The van der Waals surface area contributed by atoms with Crippen LogP contribution in [0.5, 0.6) is 11.5 Å². The van der Waals surface area contributed by atoms with Crippen LogP contribution < -0.4 is 20.1 Å². The average Bonchev–Trinajstić information content (AvgIpc) is 2.75. The van der Waals surface area contributed by atoms with Gasteiger partial charge in [-0.25, -0.2) is 0 Å². The second kappa shape index (κ2) is 9.59. The molecule has 29 heavy (non-hydrogen) atoms. The fourth-order valence-electron chi connectivity index (χ4n) is 2.95. The SMILES string of the molecule is COc1ccc(CCNC(=O)c2cc(Nc3ccccc3C)ccn2)cc1OC. The molecule has 3 aromatic rings. The molecular formula is C23H25N3O3. The third kappa shape index (κ3) is 5.25. The van der Waals surface area contributed by atoms with Gasteiger partial charge in [0, 0.05) is 24.1 Å². The molecule has 2 aromatic carbocycles. The van der Waals surface area contributed by atoms with E-state index in [-0.39, 0.29) is 5.91 Å². The zero-order valence-electron chi connectivity index (χ0n) is 16.9. The van der Waals surface area contributed by atoms with E-state index in [1.54, 1.807) is 26.5 Å². The summed E-state index contributed by atoms with van der Waals surface area (Å²) in [7, 11) is 3.21. The van der Waals surface area contributed by atoms with Crippen molar-refractivity contribution in [2.75, 3.05) is 26.1 Å². The van der Waals surface area contributed by atoms with Crippen LogP contribution in [0.2, 0.25) is 0 Å². The molecule has 1 amide bonds. The highest BCUT2D eigenvalue weighted by Gasteiger charge is 2.09. The monoisotopic (exact) mass is 391 g/mol. The number of carbonyl (C=O) groups excluding carboxylic acids is 1. The van der Waals surface area contributed by atoms with Gasteiger partial charge in [-0.3, -0.25) is 9.78 Å². The third-order valence-corrected chi connectivity index (χ3v) is 4.56. The maximum Gasteiger partial charge on any atom is 0.269 e. The maximum absolute atomic E-state index is 12.5. The first-order valence-electron chi connectivity index (χ1n) is 9.38. The normalized spacial score (nSPS) is 10.3. The number of hydrogen-bond donors (Lipinski definition) is 2. The van der Waals surface area contributed by atoms with E-state index in [0.29, 0.717) is 30.2 Å². The van der Waals surface area contributed by atoms with Crippen molar-refractivity contribution in [3.63, 3.8) is 0 Å². The Balaban J connectivity index is 1.59. The molecule has 0 unspecified atom stereocenters. The van der Waals surface area contributed by atoms with Gasteiger partial charge in [0.2, 0.25) is 0 Å². The highest BCUT2D eigenvalue weighted by molar-refractivity contribution is 5.93. The summed E-state index contributed by atoms with van der Waals surface area (Å²) < 4.78 is 10.6. The third-order valence-electron chi connectivity index (χ3n) is 4.56. The lowest BCUT2D eigenvalue weighted by Gasteiger charge is -2.11. The minimum absolute atomic E-state index is 0.209. The number of aromatic nitrogens is 1. The van der Waals surface area contributed by atoms with Crippen molar-refractivity contribution in [1.29, 1.82) is 0 Å². The van der Waals surface area contributed by atoms with Crippen LogP contribution in [0.4, 0.5) is 11.4 Å². The van der Waals surface area contributed by atoms with Gasteiger partial charge in [-0.2, -0.15) is 0 Å². The molecule has 0 atom stereocenters. The molecule has 0 spiro atoms. The van der Waals surface area contributed by atoms with E-state index in [2.05, 4.69) is 15.6 Å². The molecule has 0 aliphatic carbocycles. The number of pyridine rings is 1. The number of anilines is 2. The summed E-state index contributed by atoms with van der Waals surface area (Å²) in [5.41, 5.74) is 4.37. The summed E-state index contributed by atoms with van der Waals surface area (Å²) in [6, 6.07) is 17.3. The molecule has 0 bridgehead atoms. The number of methoxy groups -OCH3 is 2. The standard InChI is InChI=1S/C23H25N3O3/c1-16-6-4-5-7-19(16)26-18-11-13-24-20(15-18)23(27)25-12-10-17-8-9-21(28-2)22(14-17)29-3/h4-9,11,13-15H,10,12H2,1-3H3,(H,24,26)(H,25,27). The number of benzene rings is 2. The lowest BCUT2D eigenvalue weighted by molar-refractivity contribution is 0.0949. The summed E-state index contributed by atoms with van der Waals surface area (Å²) in [6.07, 6.45) is 2.30. The van der Waals surface area contributed by atoms with Crippen LogP contribution in [0.15, 0.2) is 60.8 Å². The van der Waals surface area contributed by atoms with Gasteiger partial charge in [-0.1, -0.05) is 24.3 Å². The van der Waals surface area contributed by atoms with Crippen LogP contribution in [0.25, 0.3) is 0 Å². The minimum Gasteiger partial charge on any atom is -0.493 e. The van der Waals surface area contributed by atoms with E-state index in [1.807, 2.05) is 55.5 Å². The number of hydrogen-bond acceptors (Lipinski definition) is 5. The molecule has 3 rings (SSSR count). The average molecular weight is 391 g/mol. The Labute approximate surface area is 170 Å². The van der Waals surface area contributed by atoms with Gasteiger partial charge in [0.25, 0.3) is 5.91 Å². The van der Waals surface area contributed by atoms with E-state index in [4.69, 9.17) is 9.47 Å². The maximum atomic E-state index is 12.5. The topological polar surface area (TPSA) is 72.5 Å². The number of nitrogens with one attached hydrogen (secondary N) is 2. The Kier molecular flexibility index (Phi) is 6.68. The number of nitrogens with zero attached hydrogens (tertiary/aromatic N) is 1. The van der Waals surface area contributed by atoms with E-state index in [9.17, 15) is 4.79 Å². The van der Waals surface area contributed by atoms with Crippen LogP contribution >= 0.6 is 0 Å². The van der Waals surface area contributed by atoms with Crippen molar-refractivity contribution in [3.8, 4) is 11.5 Å². The molecule has 0 saturated carbocycles. The molecule has 0 radical (unpaired) electrons. The molecule has 6 heteroatoms. The smallest absolute Gasteiger partial charge is 0.269 e. The Morgan fingerprint density at radius 1 is 1.00 bits per heavy atom. The van der Waals surface area contributed by atoms with E-state index in [0.717, 1.165) is 22.5 Å². The van der Waals surface area contributed by atoms with Crippen molar-refractivity contribution < 1.29 is 14.3 Å². The molecule has 150 valence electrons. The first-order valence-corrected chi connectivity index (χ1v) is 9.38. The van der Waals surface area contributed by atoms with Crippen molar-refractivity contribution in [1.82, 2.24) is 10.3 Å². The molecule has 1 heterocycles. The number of para-hydroxylation sites is 1. The molecule has 2 N–H and O–H groups in total. The summed E-state index contributed by atoms with van der Waals surface area (Å²) in [4.78, 5) is 16.7. The zero-order valence-corrected chi connectivity index (χ0v) is 16.9. The molecule has 0 saturated heterocycles. The highest BCUT2D eigenvalue weighted by Crippen LogP contribution is 2.27. The van der Waals surface area contributed by atoms with Crippen molar-refractivity contribution in [2.24, 2.45) is 0 Å². The molecular weight excluding hydrogens is 366 g/mol. The molecule has 0 aliphatic rings. The predicted molar refractivity (Wildman–Crippen MR) is 114 cm³/mol. The van der Waals surface area contributed by atoms with E-state index >= 15 is 0 Å². The van der Waals surface area contributed by atoms with Gasteiger partial charge in [-0.15, -0.1) is 0 Å². The second-order valence-electron chi connectivity index (χ2n) is 6.56. The Morgan fingerprint density at radius 3 is 2.55 bits per heavy atom. The van der Waals surface area contributed by atoms with Gasteiger partial charge >= 0.3 is 0 Å². The number of amides is 1. The second-order valence-corrected chi connectivity index (χ2v) is 6.56. The number of aryl methyl sites for hydroxylation is 1. The lowest BCUT2D eigenvalue weighted by atomic mass is 10.1. The molecule has 0 aliphatic heterocycles. The molecule has 0 fully saturated rings. The van der Waals surface area contributed by atoms with Crippen molar-refractivity contribution in [3.05, 3.63) is 77.6 Å². The van der Waals surface area contributed by atoms with Crippen molar-refractivity contribution in [2.45, 2.75) is 13.3 Å². The van der Waals surface area contributed by atoms with Crippen LogP contribution in [-0.2, 0) is 6.42 Å². The first-order chi connectivity index (χ1) is 14.1. The Bertz CT molecular complexity index is 989. The van der Waals surface area contributed by atoms with Crippen LogP contribution in [0, 0.1) is 6.92 Å². The molecule has 6 nitrogen and oxygen atoms in total. The van der Waals surface area contributed by atoms with Gasteiger partial charge in [0.15, 0.2) is 11.5 Å². The van der Waals surface area contributed by atoms with E-state index in [1.165, 1.54) is 0 Å². The Morgan fingerprint density at radius 2 is 1.79 bits per heavy atom. The highest BCUT2D eigenvalue weighted by atomic mass is 16.5. The Hall–Kier alpha value is -3.54. The minimum atomic E-state index is -0.209. The van der Waals surface area contributed by atoms with E-state index < -0.39 is 0 Å². The lowest BCUT2D eigenvalue weighted by Crippen LogP contribution is -2.26. The summed E-state index contributed by atoms with van der Waals surface area (Å²) >= 11 is 0. The summed E-state index contributed by atoms with van der Waals surface area (Å²) in [5.74, 6) is 1.15. The fourth-order valence-corrected chi connectivity index (χ4v) is 2.95. The van der Waals surface area contributed by atoms with Gasteiger partial charge in [0.1, 0.15) is 5.69 Å². The predicted octanol–water partition coefficient (Wildman–Crippen LogP) is 4.12.